The van der Waals surface area contributed by atoms with E-state index in [9.17, 15) is 0 Å². The van der Waals surface area contributed by atoms with Gasteiger partial charge in [0.2, 0.25) is 0 Å². The van der Waals surface area contributed by atoms with Gasteiger partial charge in [-0.05, 0) is 29.5 Å². The fourth-order valence-corrected chi connectivity index (χ4v) is 3.31. The smallest absolute Gasteiger partial charge is 0.0986 e. The number of thiophene rings is 1. The van der Waals surface area contributed by atoms with E-state index < -0.39 is 0 Å². The van der Waals surface area contributed by atoms with Crippen molar-refractivity contribution in [2.45, 2.75) is 31.9 Å². The van der Waals surface area contributed by atoms with Crippen molar-refractivity contribution in [1.82, 2.24) is 0 Å². The fourth-order valence-electron chi connectivity index (χ4n) is 2.11. The molecule has 1 heterocycles. The predicted molar refractivity (Wildman–Crippen MR) is 89.1 cm³/mol. The van der Waals surface area contributed by atoms with Crippen molar-refractivity contribution in [3.05, 3.63) is 56.7 Å². The lowest BCUT2D eigenvalue weighted by atomic mass is 10.0. The molecule has 0 saturated carbocycles. The van der Waals surface area contributed by atoms with Crippen molar-refractivity contribution >= 4 is 27.3 Å². The molecule has 0 spiro atoms. The van der Waals surface area contributed by atoms with Gasteiger partial charge in [-0.1, -0.05) is 47.1 Å². The Balaban J connectivity index is 2.02. The van der Waals surface area contributed by atoms with Crippen LogP contribution >= 0.6 is 27.3 Å². The summed E-state index contributed by atoms with van der Waals surface area (Å²) in [7, 11) is 0. The van der Waals surface area contributed by atoms with Gasteiger partial charge in [0, 0.05) is 21.8 Å². The zero-order valence-corrected chi connectivity index (χ0v) is 14.0. The maximum atomic E-state index is 6.23. The largest absolute Gasteiger partial charge is 0.371 e. The average molecular weight is 354 g/mol. The van der Waals surface area contributed by atoms with E-state index in [4.69, 9.17) is 10.5 Å². The van der Waals surface area contributed by atoms with Crippen molar-refractivity contribution < 1.29 is 4.74 Å². The molecule has 0 fully saturated rings. The molecule has 0 bridgehead atoms. The molecular weight excluding hydrogens is 334 g/mol. The Bertz CT molecular complexity index is 515. The van der Waals surface area contributed by atoms with Gasteiger partial charge in [-0.3, -0.25) is 0 Å². The Morgan fingerprint density at radius 3 is 2.70 bits per heavy atom. The molecule has 2 aromatic rings. The lowest BCUT2D eigenvalue weighted by Gasteiger charge is -2.24. The van der Waals surface area contributed by atoms with Crippen molar-refractivity contribution in [1.29, 1.82) is 0 Å². The highest BCUT2D eigenvalue weighted by Gasteiger charge is 2.21. The summed E-state index contributed by atoms with van der Waals surface area (Å²) in [6, 6.07) is 12.4. The highest BCUT2D eigenvalue weighted by Crippen LogP contribution is 2.29. The van der Waals surface area contributed by atoms with Gasteiger partial charge in [-0.25, -0.2) is 0 Å². The lowest BCUT2D eigenvalue weighted by Crippen LogP contribution is -2.30. The Morgan fingerprint density at radius 1 is 1.25 bits per heavy atom. The second-order valence-corrected chi connectivity index (χ2v) is 6.60. The molecule has 4 heteroatoms. The van der Waals surface area contributed by atoms with Gasteiger partial charge in [-0.15, -0.1) is 11.3 Å². The number of benzene rings is 1. The van der Waals surface area contributed by atoms with Crippen LogP contribution in [0.15, 0.2) is 46.3 Å². The molecule has 0 aliphatic carbocycles. The first-order valence-corrected chi connectivity index (χ1v) is 8.53. The Hall–Kier alpha value is -0.680. The number of rotatable bonds is 7. The third kappa shape index (κ3) is 4.16. The number of hydrogen-bond acceptors (Lipinski definition) is 3. The van der Waals surface area contributed by atoms with Crippen LogP contribution in [0.4, 0.5) is 0 Å². The van der Waals surface area contributed by atoms with Crippen molar-refractivity contribution in [2.75, 3.05) is 6.61 Å². The second-order valence-electron chi connectivity index (χ2n) is 4.71. The zero-order valence-electron chi connectivity index (χ0n) is 11.6. The van der Waals surface area contributed by atoms with Crippen LogP contribution in [0.5, 0.6) is 0 Å². The number of nitrogens with two attached hydrogens (primary N) is 1. The second kappa shape index (κ2) is 7.93. The molecule has 0 radical (unpaired) electrons. The normalized spacial score (nSPS) is 14.2. The quantitative estimate of drug-likeness (QED) is 0.792. The van der Waals surface area contributed by atoms with Crippen LogP contribution in [-0.2, 0) is 11.2 Å². The number of halogens is 1. The maximum absolute atomic E-state index is 6.23. The number of ether oxygens (including phenoxy) is 1. The summed E-state index contributed by atoms with van der Waals surface area (Å²) in [5.41, 5.74) is 7.37. The summed E-state index contributed by atoms with van der Waals surface area (Å²) in [5, 5.41) is 2.10. The van der Waals surface area contributed by atoms with Crippen LogP contribution in [0.25, 0.3) is 0 Å². The Labute approximate surface area is 133 Å². The van der Waals surface area contributed by atoms with Crippen molar-refractivity contribution in [3.63, 3.8) is 0 Å². The van der Waals surface area contributed by atoms with Gasteiger partial charge >= 0.3 is 0 Å². The minimum Gasteiger partial charge on any atom is -0.371 e. The van der Waals surface area contributed by atoms with Crippen LogP contribution in [0.3, 0.4) is 0 Å². The van der Waals surface area contributed by atoms with Crippen LogP contribution in [0.2, 0.25) is 0 Å². The first-order chi connectivity index (χ1) is 9.72. The molecule has 108 valence electrons. The van der Waals surface area contributed by atoms with Gasteiger partial charge in [-0.2, -0.15) is 0 Å². The van der Waals surface area contributed by atoms with E-state index in [0.29, 0.717) is 6.61 Å². The predicted octanol–water partition coefficient (Wildman–Crippen LogP) is 4.55. The van der Waals surface area contributed by atoms with Crippen LogP contribution in [0.1, 0.15) is 29.9 Å². The lowest BCUT2D eigenvalue weighted by molar-refractivity contribution is 0.0352. The molecule has 2 rings (SSSR count). The number of hydrogen-bond donors (Lipinski definition) is 1. The van der Waals surface area contributed by atoms with E-state index in [1.807, 2.05) is 18.2 Å². The summed E-state index contributed by atoms with van der Waals surface area (Å²) >= 11 is 5.36. The molecular formula is C16H20BrNOS. The fraction of sp³-hybridized carbons (Fsp3) is 0.375. The van der Waals surface area contributed by atoms with Gasteiger partial charge in [0.1, 0.15) is 0 Å². The van der Waals surface area contributed by atoms with E-state index in [1.54, 1.807) is 11.3 Å². The highest BCUT2D eigenvalue weighted by atomic mass is 79.9. The Kier molecular flexibility index (Phi) is 6.23. The maximum Gasteiger partial charge on any atom is 0.0986 e. The summed E-state index contributed by atoms with van der Waals surface area (Å²) in [6.07, 6.45) is 1.77. The summed E-state index contributed by atoms with van der Waals surface area (Å²) in [6.45, 7) is 2.79. The van der Waals surface area contributed by atoms with Crippen LogP contribution in [-0.4, -0.2) is 12.6 Å². The third-order valence-electron chi connectivity index (χ3n) is 3.30. The molecule has 0 saturated heterocycles. The van der Waals surface area contributed by atoms with Crippen LogP contribution < -0.4 is 5.73 Å². The van der Waals surface area contributed by atoms with Crippen molar-refractivity contribution in [2.24, 2.45) is 5.73 Å². The van der Waals surface area contributed by atoms with Gasteiger partial charge in [0.05, 0.1) is 12.7 Å². The molecule has 1 aromatic carbocycles. The van der Waals surface area contributed by atoms with Gasteiger partial charge in [0.25, 0.3) is 0 Å². The minimum absolute atomic E-state index is 0.0111. The standard InChI is InChI=1S/C16H20BrNOS/c1-2-15(18)16(13-7-3-4-8-14(13)17)19-10-9-12-6-5-11-20-12/h3-8,11,15-16H,2,9-10,18H2,1H3. The molecule has 20 heavy (non-hydrogen) atoms. The zero-order chi connectivity index (χ0) is 14.4. The third-order valence-corrected chi connectivity index (χ3v) is 4.96. The molecule has 2 atom stereocenters. The van der Waals surface area contributed by atoms with Gasteiger partial charge in [0.15, 0.2) is 0 Å². The molecule has 1 aromatic heterocycles. The molecule has 2 N–H and O–H groups in total. The monoisotopic (exact) mass is 353 g/mol. The minimum atomic E-state index is -0.0597. The van der Waals surface area contributed by atoms with E-state index in [1.165, 1.54) is 4.88 Å². The van der Waals surface area contributed by atoms with E-state index in [2.05, 4.69) is 46.4 Å². The molecule has 0 amide bonds. The van der Waals surface area contributed by atoms with Crippen molar-refractivity contribution in [3.8, 4) is 0 Å². The highest BCUT2D eigenvalue weighted by molar-refractivity contribution is 9.10. The molecule has 2 nitrogen and oxygen atoms in total. The van der Waals surface area contributed by atoms with E-state index in [-0.39, 0.29) is 12.1 Å². The first-order valence-electron chi connectivity index (χ1n) is 6.86. The summed E-state index contributed by atoms with van der Waals surface area (Å²) in [5.74, 6) is 0. The van der Waals surface area contributed by atoms with E-state index in [0.717, 1.165) is 22.9 Å². The molecule has 0 aliphatic heterocycles. The first kappa shape index (κ1) is 15.7. The molecule has 2 unspecified atom stereocenters. The summed E-state index contributed by atoms with van der Waals surface area (Å²) in [4.78, 5) is 1.35. The Morgan fingerprint density at radius 2 is 2.05 bits per heavy atom. The van der Waals surface area contributed by atoms with Gasteiger partial charge < -0.3 is 10.5 Å². The molecule has 0 aliphatic rings. The van der Waals surface area contributed by atoms with E-state index >= 15 is 0 Å². The van der Waals surface area contributed by atoms with Crippen LogP contribution in [0, 0.1) is 0 Å². The topological polar surface area (TPSA) is 35.2 Å². The SMILES string of the molecule is CCC(N)C(OCCc1cccs1)c1ccccc1Br. The summed E-state index contributed by atoms with van der Waals surface area (Å²) < 4.78 is 7.15. The average Bonchev–Trinajstić information content (AvgIpc) is 2.97.